The van der Waals surface area contributed by atoms with Crippen LogP contribution in [0.15, 0.2) is 11.7 Å². The zero-order chi connectivity index (χ0) is 9.97. The molecule has 1 aromatic heterocycles. The van der Waals surface area contributed by atoms with Crippen LogP contribution in [0.1, 0.15) is 18.2 Å². The first-order chi connectivity index (χ1) is 6.81. The summed E-state index contributed by atoms with van der Waals surface area (Å²) < 4.78 is 0. The van der Waals surface area contributed by atoms with E-state index in [2.05, 4.69) is 17.2 Å². The number of nitrogens with zero attached hydrogens (tertiary/aromatic N) is 1. The normalized spacial score (nSPS) is 26.5. The maximum atomic E-state index is 11.4. The van der Waals surface area contributed by atoms with E-state index in [0.29, 0.717) is 5.92 Å². The van der Waals surface area contributed by atoms with Crippen LogP contribution in [0.25, 0.3) is 0 Å². The van der Waals surface area contributed by atoms with Gasteiger partial charge in [0.25, 0.3) is 0 Å². The van der Waals surface area contributed by atoms with E-state index in [9.17, 15) is 4.79 Å². The van der Waals surface area contributed by atoms with E-state index in [1.807, 2.05) is 11.7 Å². The molecule has 1 saturated heterocycles. The largest absolute Gasteiger partial charge is 0.356 e. The molecule has 1 fully saturated rings. The molecule has 3 nitrogen and oxygen atoms in total. The Kier molecular flexibility index (Phi) is 2.82. The van der Waals surface area contributed by atoms with Crippen LogP contribution < -0.4 is 5.32 Å². The first kappa shape index (κ1) is 9.65. The van der Waals surface area contributed by atoms with Crippen molar-refractivity contribution in [3.8, 4) is 0 Å². The molecule has 4 heteroatoms. The van der Waals surface area contributed by atoms with Gasteiger partial charge in [0.15, 0.2) is 0 Å². The summed E-state index contributed by atoms with van der Waals surface area (Å²) in [6.07, 6.45) is 3.83. The Bertz CT molecular complexity index is 310. The minimum Gasteiger partial charge on any atom is -0.356 e. The summed E-state index contributed by atoms with van der Waals surface area (Å²) in [4.78, 5) is 16.8. The van der Waals surface area contributed by atoms with Crippen molar-refractivity contribution in [3.05, 3.63) is 16.6 Å². The molecule has 0 saturated carbocycles. The van der Waals surface area contributed by atoms with Gasteiger partial charge in [0.1, 0.15) is 0 Å². The molecule has 2 heterocycles. The minimum atomic E-state index is 0.206. The maximum Gasteiger partial charge on any atom is 0.223 e. The van der Waals surface area contributed by atoms with Crippen molar-refractivity contribution in [2.24, 2.45) is 11.8 Å². The first-order valence-electron chi connectivity index (χ1n) is 4.96. The van der Waals surface area contributed by atoms with Crippen LogP contribution in [-0.2, 0) is 11.2 Å². The molecule has 1 aliphatic heterocycles. The van der Waals surface area contributed by atoms with Gasteiger partial charge in [0.05, 0.1) is 5.51 Å². The molecule has 0 aliphatic carbocycles. The van der Waals surface area contributed by atoms with E-state index in [4.69, 9.17) is 0 Å². The highest BCUT2D eigenvalue weighted by molar-refractivity contribution is 7.09. The Hall–Kier alpha value is -0.900. The summed E-state index contributed by atoms with van der Waals surface area (Å²) in [6, 6.07) is 0. The third-order valence-electron chi connectivity index (χ3n) is 2.83. The molecule has 1 amide bonds. The van der Waals surface area contributed by atoms with Crippen LogP contribution >= 0.6 is 11.3 Å². The summed E-state index contributed by atoms with van der Waals surface area (Å²) >= 11 is 1.67. The second-order valence-electron chi connectivity index (χ2n) is 3.69. The highest BCUT2D eigenvalue weighted by Gasteiger charge is 2.33. The van der Waals surface area contributed by atoms with Gasteiger partial charge in [-0.25, -0.2) is 0 Å². The van der Waals surface area contributed by atoms with Crippen LogP contribution in [0.5, 0.6) is 0 Å². The number of aromatic nitrogens is 1. The highest BCUT2D eigenvalue weighted by atomic mass is 32.1. The molecule has 0 radical (unpaired) electrons. The predicted molar refractivity (Wildman–Crippen MR) is 56.1 cm³/mol. The quantitative estimate of drug-likeness (QED) is 0.820. The maximum absolute atomic E-state index is 11.4. The van der Waals surface area contributed by atoms with Crippen molar-refractivity contribution in [1.29, 1.82) is 0 Å². The molecule has 1 N–H and O–H groups in total. The third-order valence-corrected chi connectivity index (χ3v) is 3.63. The van der Waals surface area contributed by atoms with Gasteiger partial charge < -0.3 is 5.32 Å². The number of amides is 1. The molecule has 0 aromatic carbocycles. The lowest BCUT2D eigenvalue weighted by atomic mass is 9.90. The van der Waals surface area contributed by atoms with Crippen molar-refractivity contribution >= 4 is 17.2 Å². The predicted octanol–water partition coefficient (Wildman–Crippen LogP) is 1.46. The van der Waals surface area contributed by atoms with Gasteiger partial charge in [-0.15, -0.1) is 11.3 Å². The van der Waals surface area contributed by atoms with Gasteiger partial charge in [-0.1, -0.05) is 6.92 Å². The van der Waals surface area contributed by atoms with E-state index >= 15 is 0 Å². The Labute approximate surface area is 87.6 Å². The Morgan fingerprint density at radius 1 is 1.71 bits per heavy atom. The van der Waals surface area contributed by atoms with Crippen LogP contribution in [0.3, 0.4) is 0 Å². The van der Waals surface area contributed by atoms with Gasteiger partial charge in [-0.2, -0.15) is 0 Å². The summed E-state index contributed by atoms with van der Waals surface area (Å²) in [5, 5.41) is 2.93. The standard InChI is InChI=1S/C10H14N2OS/c1-2-9-7(4-12-10(9)13)3-8-5-11-6-14-8/h5-7,9H,2-4H2,1H3,(H,12,13). The van der Waals surface area contributed by atoms with Crippen molar-refractivity contribution in [2.45, 2.75) is 19.8 Å². The van der Waals surface area contributed by atoms with E-state index in [1.165, 1.54) is 4.88 Å². The van der Waals surface area contributed by atoms with Gasteiger partial charge in [0, 0.05) is 23.5 Å². The molecular formula is C10H14N2OS. The Morgan fingerprint density at radius 3 is 3.21 bits per heavy atom. The Balaban J connectivity index is 2.01. The molecule has 1 aliphatic rings. The number of hydrogen-bond donors (Lipinski definition) is 1. The molecule has 1 aromatic rings. The number of nitrogens with one attached hydrogen (secondary N) is 1. The van der Waals surface area contributed by atoms with Crippen LogP contribution in [0, 0.1) is 11.8 Å². The number of carbonyl (C=O) groups is 1. The second kappa shape index (κ2) is 4.09. The van der Waals surface area contributed by atoms with E-state index < -0.39 is 0 Å². The SMILES string of the molecule is CCC1C(=O)NCC1Cc1cncs1. The molecule has 0 bridgehead atoms. The lowest BCUT2D eigenvalue weighted by Gasteiger charge is -2.12. The topological polar surface area (TPSA) is 42.0 Å². The van der Waals surface area contributed by atoms with Gasteiger partial charge in [-0.05, 0) is 18.8 Å². The third kappa shape index (κ3) is 1.80. The lowest BCUT2D eigenvalue weighted by molar-refractivity contribution is -0.123. The van der Waals surface area contributed by atoms with Crippen molar-refractivity contribution in [2.75, 3.05) is 6.54 Å². The highest BCUT2D eigenvalue weighted by Crippen LogP contribution is 2.25. The van der Waals surface area contributed by atoms with E-state index in [1.54, 1.807) is 11.3 Å². The summed E-state index contributed by atoms with van der Waals surface area (Å²) in [7, 11) is 0. The van der Waals surface area contributed by atoms with Crippen LogP contribution in [-0.4, -0.2) is 17.4 Å². The number of rotatable bonds is 3. The van der Waals surface area contributed by atoms with Crippen molar-refractivity contribution < 1.29 is 4.79 Å². The molecule has 2 unspecified atom stereocenters. The smallest absolute Gasteiger partial charge is 0.223 e. The number of carbonyl (C=O) groups excluding carboxylic acids is 1. The second-order valence-corrected chi connectivity index (χ2v) is 4.66. The van der Waals surface area contributed by atoms with Crippen molar-refractivity contribution in [3.63, 3.8) is 0 Å². The molecule has 0 spiro atoms. The summed E-state index contributed by atoms with van der Waals surface area (Å²) in [5.41, 5.74) is 1.85. The van der Waals surface area contributed by atoms with Gasteiger partial charge >= 0.3 is 0 Å². The molecule has 76 valence electrons. The monoisotopic (exact) mass is 210 g/mol. The first-order valence-corrected chi connectivity index (χ1v) is 5.84. The van der Waals surface area contributed by atoms with Crippen LogP contribution in [0.2, 0.25) is 0 Å². The molecular weight excluding hydrogens is 196 g/mol. The summed E-state index contributed by atoms with van der Waals surface area (Å²) in [6.45, 7) is 2.91. The van der Waals surface area contributed by atoms with Crippen LogP contribution in [0.4, 0.5) is 0 Å². The fourth-order valence-electron chi connectivity index (χ4n) is 2.05. The number of thiazole rings is 1. The molecule has 2 atom stereocenters. The zero-order valence-electron chi connectivity index (χ0n) is 8.19. The fraction of sp³-hybridized carbons (Fsp3) is 0.600. The van der Waals surface area contributed by atoms with Gasteiger partial charge in [-0.3, -0.25) is 9.78 Å². The zero-order valence-corrected chi connectivity index (χ0v) is 9.01. The Morgan fingerprint density at radius 2 is 2.57 bits per heavy atom. The lowest BCUT2D eigenvalue weighted by Crippen LogP contribution is -2.19. The molecule has 14 heavy (non-hydrogen) atoms. The van der Waals surface area contributed by atoms with E-state index in [0.717, 1.165) is 19.4 Å². The van der Waals surface area contributed by atoms with E-state index in [-0.39, 0.29) is 11.8 Å². The van der Waals surface area contributed by atoms with Gasteiger partial charge in [0.2, 0.25) is 5.91 Å². The minimum absolute atomic E-state index is 0.206. The summed E-state index contributed by atoms with van der Waals surface area (Å²) in [5.74, 6) is 0.895. The average molecular weight is 210 g/mol. The fourth-order valence-corrected chi connectivity index (χ4v) is 2.74. The average Bonchev–Trinajstić information content (AvgIpc) is 2.77. The molecule has 2 rings (SSSR count). The van der Waals surface area contributed by atoms with Crippen molar-refractivity contribution in [1.82, 2.24) is 10.3 Å². The number of hydrogen-bond acceptors (Lipinski definition) is 3.